The third-order valence-corrected chi connectivity index (χ3v) is 2.20. The van der Waals surface area contributed by atoms with Gasteiger partial charge in [-0.3, -0.25) is 4.84 Å². The van der Waals surface area contributed by atoms with Crippen LogP contribution in [0.25, 0.3) is 0 Å². The van der Waals surface area contributed by atoms with Crippen LogP contribution in [0.2, 0.25) is 0 Å². The summed E-state index contributed by atoms with van der Waals surface area (Å²) in [6, 6.07) is 0. The van der Waals surface area contributed by atoms with Gasteiger partial charge < -0.3 is 0 Å². The summed E-state index contributed by atoms with van der Waals surface area (Å²) in [5.74, 6) is 1.51. The normalized spacial score (nSPS) is 28.2. The zero-order valence-corrected chi connectivity index (χ0v) is 7.13. The molecule has 10 heavy (non-hydrogen) atoms. The molecule has 1 unspecified atom stereocenters. The monoisotopic (exact) mass is 143 g/mol. The molecule has 1 atom stereocenters. The van der Waals surface area contributed by atoms with E-state index in [0.717, 1.165) is 31.5 Å². The average molecular weight is 143 g/mol. The number of hydroxylamine groups is 2. The van der Waals surface area contributed by atoms with Gasteiger partial charge in [0.05, 0.1) is 6.61 Å². The second-order valence-corrected chi connectivity index (χ2v) is 3.28. The van der Waals surface area contributed by atoms with Crippen molar-refractivity contribution in [1.82, 2.24) is 5.06 Å². The molecule has 1 rings (SSSR count). The van der Waals surface area contributed by atoms with E-state index in [1.807, 2.05) is 5.06 Å². The average Bonchev–Trinajstić information content (AvgIpc) is 2.34. The van der Waals surface area contributed by atoms with Gasteiger partial charge in [-0.05, 0) is 5.92 Å². The highest BCUT2D eigenvalue weighted by Crippen LogP contribution is 2.19. The summed E-state index contributed by atoms with van der Waals surface area (Å²) in [6.07, 6.45) is 0. The largest absolute Gasteiger partial charge is 0.299 e. The summed E-state index contributed by atoms with van der Waals surface area (Å²) in [7, 11) is 0. The van der Waals surface area contributed by atoms with E-state index < -0.39 is 0 Å². The maximum atomic E-state index is 5.41. The molecular weight excluding hydrogens is 126 g/mol. The van der Waals surface area contributed by atoms with Gasteiger partial charge in [0.2, 0.25) is 0 Å². The van der Waals surface area contributed by atoms with Crippen molar-refractivity contribution in [3.8, 4) is 0 Å². The molecule has 60 valence electrons. The predicted molar refractivity (Wildman–Crippen MR) is 41.5 cm³/mol. The summed E-state index contributed by atoms with van der Waals surface area (Å²) in [4.78, 5) is 5.41. The Hall–Kier alpha value is -0.0800. The maximum Gasteiger partial charge on any atom is 0.0728 e. The van der Waals surface area contributed by atoms with E-state index in [1.165, 1.54) is 0 Å². The van der Waals surface area contributed by atoms with E-state index in [2.05, 4.69) is 20.8 Å². The second-order valence-electron chi connectivity index (χ2n) is 3.28. The Bertz CT molecular complexity index is 103. The van der Waals surface area contributed by atoms with Gasteiger partial charge in [-0.25, -0.2) is 0 Å². The third kappa shape index (κ3) is 1.70. The Morgan fingerprint density at radius 1 is 1.60 bits per heavy atom. The molecule has 0 saturated carbocycles. The van der Waals surface area contributed by atoms with Gasteiger partial charge in [0.1, 0.15) is 0 Å². The summed E-state index contributed by atoms with van der Waals surface area (Å²) in [6.45, 7) is 9.70. The van der Waals surface area contributed by atoms with Crippen molar-refractivity contribution < 1.29 is 4.84 Å². The maximum absolute atomic E-state index is 5.41. The van der Waals surface area contributed by atoms with Gasteiger partial charge in [-0.2, -0.15) is 5.06 Å². The van der Waals surface area contributed by atoms with Crippen molar-refractivity contribution >= 4 is 0 Å². The highest BCUT2D eigenvalue weighted by molar-refractivity contribution is 4.68. The van der Waals surface area contributed by atoms with E-state index >= 15 is 0 Å². The van der Waals surface area contributed by atoms with Crippen LogP contribution in [0, 0.1) is 11.8 Å². The van der Waals surface area contributed by atoms with Crippen LogP contribution >= 0.6 is 0 Å². The van der Waals surface area contributed by atoms with Crippen molar-refractivity contribution in [1.29, 1.82) is 0 Å². The Morgan fingerprint density at radius 2 is 2.30 bits per heavy atom. The van der Waals surface area contributed by atoms with Crippen LogP contribution < -0.4 is 0 Å². The Kier molecular flexibility index (Phi) is 2.69. The number of nitrogens with zero attached hydrogens (tertiary/aromatic N) is 1. The smallest absolute Gasteiger partial charge is 0.0728 e. The molecule has 1 saturated heterocycles. The molecule has 0 aliphatic carbocycles. The lowest BCUT2D eigenvalue weighted by Gasteiger charge is -2.12. The summed E-state index contributed by atoms with van der Waals surface area (Å²) in [5.41, 5.74) is 0. The van der Waals surface area contributed by atoms with Gasteiger partial charge in [0, 0.05) is 19.0 Å². The number of hydrogen-bond acceptors (Lipinski definition) is 2. The van der Waals surface area contributed by atoms with Crippen LogP contribution in [-0.2, 0) is 4.84 Å². The Labute approximate surface area is 63.1 Å². The van der Waals surface area contributed by atoms with E-state index in [4.69, 9.17) is 4.84 Å². The molecule has 1 aliphatic rings. The minimum Gasteiger partial charge on any atom is -0.299 e. The molecular formula is C8H17NO. The summed E-state index contributed by atoms with van der Waals surface area (Å²) < 4.78 is 0. The molecule has 0 aromatic rings. The summed E-state index contributed by atoms with van der Waals surface area (Å²) >= 11 is 0. The zero-order valence-electron chi connectivity index (χ0n) is 7.13. The highest BCUT2D eigenvalue weighted by atomic mass is 16.7. The van der Waals surface area contributed by atoms with E-state index in [-0.39, 0.29) is 0 Å². The molecule has 0 aromatic carbocycles. The fourth-order valence-electron chi connectivity index (χ4n) is 1.19. The van der Waals surface area contributed by atoms with Crippen LogP contribution in [-0.4, -0.2) is 24.8 Å². The van der Waals surface area contributed by atoms with Crippen molar-refractivity contribution in [3.63, 3.8) is 0 Å². The van der Waals surface area contributed by atoms with Crippen LogP contribution in [0.3, 0.4) is 0 Å². The minimum atomic E-state index is 0.750. The number of rotatable bonds is 2. The molecule has 0 bridgehead atoms. The molecule has 1 fully saturated rings. The first-order chi connectivity index (χ1) is 4.74. The van der Waals surface area contributed by atoms with Crippen molar-refractivity contribution in [3.05, 3.63) is 0 Å². The molecule has 0 spiro atoms. The first-order valence-corrected chi connectivity index (χ1v) is 4.12. The summed E-state index contributed by atoms with van der Waals surface area (Å²) in [5, 5.41) is 2.05. The first kappa shape index (κ1) is 8.02. The SMILES string of the molecule is CCN1CC(C(C)C)CO1. The Morgan fingerprint density at radius 3 is 2.60 bits per heavy atom. The van der Waals surface area contributed by atoms with Gasteiger partial charge in [-0.15, -0.1) is 0 Å². The first-order valence-electron chi connectivity index (χ1n) is 4.12. The van der Waals surface area contributed by atoms with Crippen LogP contribution in [0.5, 0.6) is 0 Å². The second kappa shape index (κ2) is 3.35. The molecule has 0 amide bonds. The van der Waals surface area contributed by atoms with Gasteiger partial charge >= 0.3 is 0 Å². The molecule has 0 aromatic heterocycles. The van der Waals surface area contributed by atoms with E-state index in [1.54, 1.807) is 0 Å². The molecule has 2 nitrogen and oxygen atoms in total. The lowest BCUT2D eigenvalue weighted by atomic mass is 9.98. The van der Waals surface area contributed by atoms with Crippen LogP contribution in [0.4, 0.5) is 0 Å². The minimum absolute atomic E-state index is 0.750. The quantitative estimate of drug-likeness (QED) is 0.581. The number of hydrogen-bond donors (Lipinski definition) is 0. The van der Waals surface area contributed by atoms with Gasteiger partial charge in [0.15, 0.2) is 0 Å². The van der Waals surface area contributed by atoms with Crippen molar-refractivity contribution in [2.24, 2.45) is 11.8 Å². The standard InChI is InChI=1S/C8H17NO/c1-4-9-5-8(6-10-9)7(2)3/h7-8H,4-6H2,1-3H3. The fourth-order valence-corrected chi connectivity index (χ4v) is 1.19. The predicted octanol–water partition coefficient (Wildman–Crippen LogP) is 1.53. The highest BCUT2D eigenvalue weighted by Gasteiger charge is 2.24. The van der Waals surface area contributed by atoms with Gasteiger partial charge in [0.25, 0.3) is 0 Å². The van der Waals surface area contributed by atoms with Crippen molar-refractivity contribution in [2.45, 2.75) is 20.8 Å². The van der Waals surface area contributed by atoms with E-state index in [0.29, 0.717) is 0 Å². The van der Waals surface area contributed by atoms with Crippen LogP contribution in [0.1, 0.15) is 20.8 Å². The molecule has 1 heterocycles. The molecule has 0 radical (unpaired) electrons. The fraction of sp³-hybridized carbons (Fsp3) is 1.00. The zero-order chi connectivity index (χ0) is 7.56. The molecule has 1 aliphatic heterocycles. The van der Waals surface area contributed by atoms with Gasteiger partial charge in [-0.1, -0.05) is 20.8 Å². The van der Waals surface area contributed by atoms with Crippen molar-refractivity contribution in [2.75, 3.05) is 19.7 Å². The Balaban J connectivity index is 2.28. The molecule has 2 heteroatoms. The van der Waals surface area contributed by atoms with E-state index in [9.17, 15) is 0 Å². The lowest BCUT2D eigenvalue weighted by Crippen LogP contribution is -2.20. The lowest BCUT2D eigenvalue weighted by molar-refractivity contribution is -0.106. The third-order valence-electron chi connectivity index (χ3n) is 2.20. The molecule has 0 N–H and O–H groups in total. The topological polar surface area (TPSA) is 12.5 Å². The van der Waals surface area contributed by atoms with Crippen LogP contribution in [0.15, 0.2) is 0 Å².